The first-order valence-electron chi connectivity index (χ1n) is 10.5. The summed E-state index contributed by atoms with van der Waals surface area (Å²) in [6.45, 7) is 0.0331. The van der Waals surface area contributed by atoms with Crippen LogP contribution in [0.4, 0.5) is 4.39 Å². The molecular weight excluding hydrogens is 457 g/mol. The number of rotatable bonds is 8. The molecule has 4 aromatic rings. The van der Waals surface area contributed by atoms with E-state index in [1.165, 1.54) is 25.3 Å². The van der Waals surface area contributed by atoms with Crippen molar-refractivity contribution >= 4 is 10.0 Å². The highest BCUT2D eigenvalue weighted by atomic mass is 32.2. The molecular formula is C25H24FN3O4S. The Kier molecular flexibility index (Phi) is 6.78. The van der Waals surface area contributed by atoms with Crippen LogP contribution in [-0.4, -0.2) is 30.4 Å². The first-order valence-corrected chi connectivity index (χ1v) is 12.1. The Balaban J connectivity index is 1.93. The topological polar surface area (TPSA) is 107 Å². The van der Waals surface area contributed by atoms with Crippen molar-refractivity contribution in [2.45, 2.75) is 24.5 Å². The van der Waals surface area contributed by atoms with Crippen LogP contribution in [0.2, 0.25) is 0 Å². The van der Waals surface area contributed by atoms with Crippen LogP contribution in [0.5, 0.6) is 5.75 Å². The monoisotopic (exact) mass is 481 g/mol. The van der Waals surface area contributed by atoms with E-state index in [2.05, 4.69) is 5.10 Å². The number of hydrogen-bond donors (Lipinski definition) is 2. The number of primary sulfonamides is 1. The number of sulfonamides is 1. The van der Waals surface area contributed by atoms with Crippen LogP contribution in [0.25, 0.3) is 22.4 Å². The Labute approximate surface area is 197 Å². The lowest BCUT2D eigenvalue weighted by molar-refractivity contribution is 0.268. The fourth-order valence-electron chi connectivity index (χ4n) is 3.95. The van der Waals surface area contributed by atoms with Gasteiger partial charge in [-0.3, -0.25) is 4.68 Å². The average molecular weight is 482 g/mol. The summed E-state index contributed by atoms with van der Waals surface area (Å²) in [6.07, 6.45) is 0.627. The van der Waals surface area contributed by atoms with E-state index in [-0.39, 0.29) is 28.5 Å². The standard InChI is InChI=1S/C25H24FN3O4S/c1-33-22-12-11-18(15-20(22)26)24-21(16-30)29(14-13-17-7-3-2-4-8-17)28-25(24)19-9-5-6-10-23(19)34(27,31)32/h2-12,15,30H,13-14,16H2,1H3,(H2,27,31,32). The number of nitrogens with zero attached hydrogens (tertiary/aromatic N) is 2. The molecule has 9 heteroatoms. The lowest BCUT2D eigenvalue weighted by atomic mass is 9.98. The van der Waals surface area contributed by atoms with Crippen molar-refractivity contribution in [2.75, 3.05) is 7.11 Å². The minimum Gasteiger partial charge on any atom is -0.494 e. The largest absolute Gasteiger partial charge is 0.494 e. The second-order valence-electron chi connectivity index (χ2n) is 7.68. The predicted molar refractivity (Wildman–Crippen MR) is 127 cm³/mol. The lowest BCUT2D eigenvalue weighted by Crippen LogP contribution is -2.13. The number of methoxy groups -OCH3 is 1. The molecule has 0 saturated carbocycles. The van der Waals surface area contributed by atoms with Crippen LogP contribution in [0.15, 0.2) is 77.7 Å². The minimum atomic E-state index is -4.07. The van der Waals surface area contributed by atoms with Crippen LogP contribution in [-0.2, 0) is 29.6 Å². The molecule has 0 radical (unpaired) electrons. The second-order valence-corrected chi connectivity index (χ2v) is 9.21. The van der Waals surface area contributed by atoms with Gasteiger partial charge in [0, 0.05) is 17.7 Å². The molecule has 0 aliphatic rings. The summed E-state index contributed by atoms with van der Waals surface area (Å²) in [6, 6.07) is 20.4. The number of nitrogens with two attached hydrogens (primary N) is 1. The number of benzene rings is 3. The van der Waals surface area contributed by atoms with E-state index >= 15 is 0 Å². The Morgan fingerprint density at radius 3 is 2.41 bits per heavy atom. The number of hydrogen-bond acceptors (Lipinski definition) is 5. The molecule has 3 aromatic carbocycles. The first-order chi connectivity index (χ1) is 16.3. The molecule has 0 spiro atoms. The third-order valence-electron chi connectivity index (χ3n) is 5.55. The zero-order valence-corrected chi connectivity index (χ0v) is 19.3. The second kappa shape index (κ2) is 9.76. The number of aryl methyl sites for hydroxylation is 2. The van der Waals surface area contributed by atoms with Gasteiger partial charge in [0.1, 0.15) is 5.69 Å². The number of ether oxygens (including phenoxy) is 1. The van der Waals surface area contributed by atoms with Crippen molar-refractivity contribution in [3.63, 3.8) is 0 Å². The highest BCUT2D eigenvalue weighted by Crippen LogP contribution is 2.38. The molecule has 4 rings (SSSR count). The predicted octanol–water partition coefficient (Wildman–Crippen LogP) is 3.75. The smallest absolute Gasteiger partial charge is 0.238 e. The quantitative estimate of drug-likeness (QED) is 0.399. The number of halogens is 1. The SMILES string of the molecule is COc1ccc(-c2c(-c3ccccc3S(N)(=O)=O)nn(CCc3ccccc3)c2CO)cc1F. The van der Waals surface area contributed by atoms with Crippen molar-refractivity contribution < 1.29 is 22.7 Å². The molecule has 0 atom stereocenters. The van der Waals surface area contributed by atoms with E-state index in [4.69, 9.17) is 9.88 Å². The van der Waals surface area contributed by atoms with Crippen LogP contribution in [0.3, 0.4) is 0 Å². The molecule has 0 saturated heterocycles. The molecule has 0 amide bonds. The summed E-state index contributed by atoms with van der Waals surface area (Å²) in [5.74, 6) is -0.524. The van der Waals surface area contributed by atoms with Gasteiger partial charge in [-0.15, -0.1) is 0 Å². The number of aromatic nitrogens is 2. The zero-order valence-electron chi connectivity index (χ0n) is 18.5. The van der Waals surface area contributed by atoms with E-state index < -0.39 is 15.8 Å². The van der Waals surface area contributed by atoms with Gasteiger partial charge in [0.05, 0.1) is 24.3 Å². The molecule has 0 unspecified atom stereocenters. The molecule has 7 nitrogen and oxygen atoms in total. The summed E-state index contributed by atoms with van der Waals surface area (Å²) < 4.78 is 45.9. The molecule has 0 fully saturated rings. The van der Waals surface area contributed by atoms with Crippen molar-refractivity contribution in [2.24, 2.45) is 5.14 Å². The van der Waals surface area contributed by atoms with E-state index in [0.29, 0.717) is 29.8 Å². The van der Waals surface area contributed by atoms with Gasteiger partial charge in [-0.25, -0.2) is 17.9 Å². The normalized spacial score (nSPS) is 11.5. The van der Waals surface area contributed by atoms with Crippen molar-refractivity contribution in [3.05, 3.63) is 89.9 Å². The van der Waals surface area contributed by atoms with Crippen LogP contribution < -0.4 is 9.88 Å². The molecule has 0 bridgehead atoms. The van der Waals surface area contributed by atoms with E-state index in [0.717, 1.165) is 5.56 Å². The Morgan fingerprint density at radius 2 is 1.76 bits per heavy atom. The Morgan fingerprint density at radius 1 is 1.06 bits per heavy atom. The fourth-order valence-corrected chi connectivity index (χ4v) is 4.69. The summed E-state index contributed by atoms with van der Waals surface area (Å²) in [4.78, 5) is -0.109. The van der Waals surface area contributed by atoms with Gasteiger partial charge in [-0.05, 0) is 35.7 Å². The molecule has 3 N–H and O–H groups in total. The van der Waals surface area contributed by atoms with Crippen molar-refractivity contribution in [1.82, 2.24) is 9.78 Å². The van der Waals surface area contributed by atoms with Crippen LogP contribution in [0.1, 0.15) is 11.3 Å². The third-order valence-corrected chi connectivity index (χ3v) is 6.52. The summed E-state index contributed by atoms with van der Waals surface area (Å²) in [5, 5.41) is 20.4. The van der Waals surface area contributed by atoms with E-state index in [9.17, 15) is 17.9 Å². The highest BCUT2D eigenvalue weighted by Gasteiger charge is 2.25. The molecule has 34 heavy (non-hydrogen) atoms. The van der Waals surface area contributed by atoms with Crippen LogP contribution >= 0.6 is 0 Å². The van der Waals surface area contributed by atoms with Crippen molar-refractivity contribution in [1.29, 1.82) is 0 Å². The van der Waals surface area contributed by atoms with Gasteiger partial charge >= 0.3 is 0 Å². The minimum absolute atomic E-state index is 0.0669. The molecule has 0 aliphatic carbocycles. The Bertz CT molecular complexity index is 1420. The number of aliphatic hydroxyl groups excluding tert-OH is 1. The maximum Gasteiger partial charge on any atom is 0.238 e. The van der Waals surface area contributed by atoms with Crippen LogP contribution in [0, 0.1) is 5.82 Å². The first kappa shape index (κ1) is 23.6. The van der Waals surface area contributed by atoms with Gasteiger partial charge in [-0.2, -0.15) is 5.10 Å². The molecule has 176 valence electrons. The lowest BCUT2D eigenvalue weighted by Gasteiger charge is -2.10. The van der Waals surface area contributed by atoms with Gasteiger partial charge in [0.2, 0.25) is 10.0 Å². The third kappa shape index (κ3) is 4.72. The van der Waals surface area contributed by atoms with Crippen molar-refractivity contribution in [3.8, 4) is 28.1 Å². The summed E-state index contributed by atoms with van der Waals surface area (Å²) in [7, 11) is -2.70. The van der Waals surface area contributed by atoms with Gasteiger partial charge < -0.3 is 9.84 Å². The van der Waals surface area contributed by atoms with Gasteiger partial charge in [0.25, 0.3) is 0 Å². The van der Waals surface area contributed by atoms with E-state index in [1.54, 1.807) is 28.9 Å². The molecule has 1 heterocycles. The molecule has 0 aliphatic heterocycles. The maximum atomic E-state index is 14.6. The maximum absolute atomic E-state index is 14.6. The van der Waals surface area contributed by atoms with E-state index in [1.807, 2.05) is 30.3 Å². The van der Waals surface area contributed by atoms with Gasteiger partial charge in [0.15, 0.2) is 11.6 Å². The summed E-state index contributed by atoms with van der Waals surface area (Å²) in [5.41, 5.74) is 2.90. The summed E-state index contributed by atoms with van der Waals surface area (Å²) >= 11 is 0. The Hall–Kier alpha value is -3.53. The fraction of sp³-hybridized carbons (Fsp3) is 0.160. The number of aliphatic hydroxyl groups is 1. The van der Waals surface area contributed by atoms with Gasteiger partial charge in [-0.1, -0.05) is 54.6 Å². The highest BCUT2D eigenvalue weighted by molar-refractivity contribution is 7.89. The zero-order chi connectivity index (χ0) is 24.3. The average Bonchev–Trinajstić information content (AvgIpc) is 3.21. The molecule has 1 aromatic heterocycles.